The number of rotatable bonds is 10. The second-order valence-electron chi connectivity index (χ2n) is 19.6. The Morgan fingerprint density at radius 1 is 0.367 bits per heavy atom. The minimum absolute atomic E-state index is 0.0957. The lowest BCUT2D eigenvalue weighted by Crippen LogP contribution is -2.24. The number of benzene rings is 11. The smallest absolute Gasteiger partial charge is 0.138 e. The highest BCUT2D eigenvalue weighted by Gasteiger charge is 2.37. The summed E-state index contributed by atoms with van der Waals surface area (Å²) in [6, 6.07) is 104. The van der Waals surface area contributed by atoms with Crippen LogP contribution in [0.3, 0.4) is 0 Å². The van der Waals surface area contributed by atoms with Gasteiger partial charge in [-0.25, -0.2) is 0 Å². The van der Waals surface area contributed by atoms with E-state index in [2.05, 4.69) is 317 Å². The number of para-hydroxylation sites is 3. The Labute approximate surface area is 463 Å². The van der Waals surface area contributed by atoms with Gasteiger partial charge in [-0.3, -0.25) is 4.57 Å². The Morgan fingerprint density at radius 2 is 0.785 bits per heavy atom. The van der Waals surface area contributed by atoms with Gasteiger partial charge in [-0.05, 0) is 126 Å². The quantitative estimate of drug-likeness (QED) is 0.138. The zero-order valence-electron chi connectivity index (χ0n) is 44.1. The van der Waals surface area contributed by atoms with Crippen LogP contribution in [0.25, 0.3) is 66.3 Å². The normalized spacial score (nSPS) is 12.4. The molecule has 14 rings (SSSR count). The third kappa shape index (κ3) is 9.89. The molecule has 5 nitrogen and oxygen atoms in total. The van der Waals surface area contributed by atoms with E-state index in [1.165, 1.54) is 55.2 Å². The molecule has 2 aromatic heterocycles. The van der Waals surface area contributed by atoms with Gasteiger partial charge in [-0.15, -0.1) is 0 Å². The predicted octanol–water partition coefficient (Wildman–Crippen LogP) is 20.1. The molecule has 1 unspecified atom stereocenters. The van der Waals surface area contributed by atoms with Crippen LogP contribution in [0.2, 0.25) is 0 Å². The largest absolute Gasteiger partial charge is 0.345 e. The fourth-order valence-electron chi connectivity index (χ4n) is 10.9. The van der Waals surface area contributed by atoms with Gasteiger partial charge in [0.05, 0.1) is 22.2 Å². The van der Waals surface area contributed by atoms with Gasteiger partial charge >= 0.3 is 0 Å². The maximum absolute atomic E-state index is 4.03. The van der Waals surface area contributed by atoms with Crippen LogP contribution in [-0.2, 0) is 0 Å². The number of aromatic nitrogens is 2. The van der Waals surface area contributed by atoms with E-state index in [0.29, 0.717) is 0 Å². The van der Waals surface area contributed by atoms with Crippen molar-refractivity contribution in [3.63, 3.8) is 0 Å². The molecular formula is C74H59N5. The number of nitrogens with one attached hydrogen (secondary N) is 1. The third-order valence-electron chi connectivity index (χ3n) is 14.6. The van der Waals surface area contributed by atoms with Crippen molar-refractivity contribution in [2.75, 3.05) is 15.1 Å². The fourth-order valence-corrected chi connectivity index (χ4v) is 10.9. The highest BCUT2D eigenvalue weighted by molar-refractivity contribution is 6.18. The number of hydrogen-bond donors (Lipinski definition) is 1. The van der Waals surface area contributed by atoms with Crippen LogP contribution in [-0.4, -0.2) is 9.13 Å². The Morgan fingerprint density at radius 3 is 1.29 bits per heavy atom. The van der Waals surface area contributed by atoms with E-state index in [4.69, 9.17) is 0 Å². The molecule has 79 heavy (non-hydrogen) atoms. The second kappa shape index (κ2) is 22.5. The Hall–Kier alpha value is -10.4. The molecule has 1 aliphatic heterocycles. The van der Waals surface area contributed by atoms with Crippen molar-refractivity contribution in [1.29, 1.82) is 0 Å². The first-order valence-electron chi connectivity index (χ1n) is 26.9. The molecule has 3 heterocycles. The first-order valence-corrected chi connectivity index (χ1v) is 26.9. The average molecular weight is 1020 g/mol. The second-order valence-corrected chi connectivity index (χ2v) is 19.6. The number of nitrogens with zero attached hydrogens (tertiary/aromatic N) is 4. The molecule has 0 fully saturated rings. The Balaban J connectivity index is 0.000000513. The molecule has 1 atom stereocenters. The van der Waals surface area contributed by atoms with Gasteiger partial charge in [0.1, 0.15) is 12.0 Å². The molecule has 1 aliphatic rings. The first-order chi connectivity index (χ1) is 39.1. The lowest BCUT2D eigenvalue weighted by Gasteiger charge is -2.28. The number of aryl methyl sites for hydroxylation is 1. The maximum atomic E-state index is 4.03. The summed E-state index contributed by atoms with van der Waals surface area (Å²) in [5.74, 6) is 1.07. The summed E-state index contributed by atoms with van der Waals surface area (Å²) in [7, 11) is 0. The highest BCUT2D eigenvalue weighted by Crippen LogP contribution is 2.53. The van der Waals surface area contributed by atoms with E-state index >= 15 is 0 Å². The van der Waals surface area contributed by atoms with Crippen LogP contribution in [0.4, 0.5) is 34.3 Å². The summed E-state index contributed by atoms with van der Waals surface area (Å²) in [4.78, 5) is 4.83. The summed E-state index contributed by atoms with van der Waals surface area (Å²) >= 11 is 0. The summed E-state index contributed by atoms with van der Waals surface area (Å²) in [5.41, 5.74) is 18.5. The van der Waals surface area contributed by atoms with Gasteiger partial charge < -0.3 is 19.7 Å². The van der Waals surface area contributed by atoms with Crippen molar-refractivity contribution in [1.82, 2.24) is 9.13 Å². The van der Waals surface area contributed by atoms with Crippen LogP contribution in [0.15, 0.2) is 316 Å². The number of allylic oxidation sites excluding steroid dienone is 2. The molecule has 5 heteroatoms. The maximum Gasteiger partial charge on any atom is 0.138 e. The molecule has 0 spiro atoms. The van der Waals surface area contributed by atoms with Gasteiger partial charge in [-0.2, -0.15) is 0 Å². The molecule has 0 saturated carbocycles. The predicted molar refractivity (Wildman–Crippen MR) is 336 cm³/mol. The van der Waals surface area contributed by atoms with Crippen LogP contribution in [0, 0.1) is 6.92 Å². The van der Waals surface area contributed by atoms with Gasteiger partial charge in [0.2, 0.25) is 0 Å². The summed E-state index contributed by atoms with van der Waals surface area (Å²) < 4.78 is 4.85. The zero-order chi connectivity index (χ0) is 53.5. The molecule has 0 bridgehead atoms. The standard InChI is InChI=1S/C63H45N5.C7H8.C4H6/c1-6-18-44(19-7-1)46-30-34-51(35-31-46)65(52-36-32-47(33-37-52)45-20-8-2-9-21-45)53-38-40-54(41-39-53)66-58-29-17-16-28-55(58)56-42-57-60(43-59(56)66)67(49-24-12-4-13-25-49)63-61(57)68(50-26-14-5-15-27-50)62(64-63)48-22-10-3-11-23-48;1-7-5-3-2-4-6-7;1-3-4-2/h1-43,62,64H;2-6H,1H3;3-4H,1-2H2. The van der Waals surface area contributed by atoms with Crippen molar-refractivity contribution in [2.45, 2.75) is 13.1 Å². The molecule has 380 valence electrons. The first kappa shape index (κ1) is 49.5. The lowest BCUT2D eigenvalue weighted by molar-refractivity contribution is 0.823. The summed E-state index contributed by atoms with van der Waals surface area (Å²) in [6.07, 6.45) is 3.18. The van der Waals surface area contributed by atoms with Crippen molar-refractivity contribution < 1.29 is 0 Å². The number of fused-ring (bicyclic) bond motifs is 6. The SMILES string of the molecule is C=CC=C.Cc1ccccc1.c1ccc(-c2ccc(N(c3ccc(-c4ccccc4)cc3)c3ccc(-n4c5ccccc5c5cc6c7c(n(-c8ccccc8)c6cc54)NC(c4ccccc4)N7c4ccccc4)cc3)cc2)cc1. The molecular weight excluding hydrogens is 959 g/mol. The molecule has 0 radical (unpaired) electrons. The lowest BCUT2D eigenvalue weighted by atomic mass is 10.0. The van der Waals surface area contributed by atoms with Crippen LogP contribution in [0.1, 0.15) is 17.3 Å². The average Bonchev–Trinajstić information content (AvgIpc) is 4.03. The monoisotopic (exact) mass is 1020 g/mol. The summed E-state index contributed by atoms with van der Waals surface area (Å²) in [6.45, 7) is 8.81. The molecule has 13 aromatic rings. The highest BCUT2D eigenvalue weighted by atomic mass is 15.4. The topological polar surface area (TPSA) is 28.4 Å². The fraction of sp³-hybridized carbons (Fsp3) is 0.0270. The van der Waals surface area contributed by atoms with Crippen LogP contribution >= 0.6 is 0 Å². The summed E-state index contributed by atoms with van der Waals surface area (Å²) in [5, 5.41) is 7.64. The van der Waals surface area contributed by atoms with Crippen molar-refractivity contribution in [2.24, 2.45) is 0 Å². The van der Waals surface area contributed by atoms with Gasteiger partial charge in [0.25, 0.3) is 0 Å². The van der Waals surface area contributed by atoms with Crippen LogP contribution in [0.5, 0.6) is 0 Å². The Bertz CT molecular complexity index is 4060. The van der Waals surface area contributed by atoms with Gasteiger partial charge in [0, 0.05) is 50.3 Å². The van der Waals surface area contributed by atoms with Gasteiger partial charge in [0.15, 0.2) is 0 Å². The van der Waals surface area contributed by atoms with E-state index in [1.807, 2.05) is 18.2 Å². The van der Waals surface area contributed by atoms with Crippen molar-refractivity contribution >= 4 is 67.0 Å². The third-order valence-corrected chi connectivity index (χ3v) is 14.6. The molecule has 0 saturated heterocycles. The van der Waals surface area contributed by atoms with E-state index in [0.717, 1.165) is 56.5 Å². The van der Waals surface area contributed by atoms with Crippen LogP contribution < -0.4 is 15.1 Å². The minimum Gasteiger partial charge on any atom is -0.345 e. The number of hydrogen-bond acceptors (Lipinski definition) is 3. The van der Waals surface area contributed by atoms with E-state index in [-0.39, 0.29) is 6.17 Å². The Kier molecular flexibility index (Phi) is 14.1. The molecule has 11 aromatic carbocycles. The minimum atomic E-state index is -0.0957. The molecule has 1 N–H and O–H groups in total. The van der Waals surface area contributed by atoms with E-state index in [9.17, 15) is 0 Å². The van der Waals surface area contributed by atoms with E-state index < -0.39 is 0 Å². The van der Waals surface area contributed by atoms with E-state index in [1.54, 1.807) is 12.2 Å². The van der Waals surface area contributed by atoms with Crippen molar-refractivity contribution in [3.05, 3.63) is 328 Å². The zero-order valence-corrected chi connectivity index (χ0v) is 44.1. The van der Waals surface area contributed by atoms with Crippen molar-refractivity contribution in [3.8, 4) is 33.6 Å². The van der Waals surface area contributed by atoms with Gasteiger partial charge in [-0.1, -0.05) is 231 Å². The molecule has 0 amide bonds. The molecule has 0 aliphatic carbocycles. The number of anilines is 6.